The summed E-state index contributed by atoms with van der Waals surface area (Å²) in [5.41, 5.74) is 1.43. The zero-order valence-corrected chi connectivity index (χ0v) is 11.5. The third kappa shape index (κ3) is 2.55. The second-order valence-corrected chi connectivity index (χ2v) is 4.95. The van der Waals surface area contributed by atoms with Crippen LogP contribution in [0.3, 0.4) is 0 Å². The van der Waals surface area contributed by atoms with Gasteiger partial charge in [0, 0.05) is 17.8 Å². The molecule has 1 aliphatic heterocycles. The molecule has 0 aliphatic carbocycles. The standard InChI is InChI=1S/C13H14N6O2/c1-7(2)15-10-3-4-19-11(17-10)8(6-14-19)5-9-12(20)18-13(21)16-9/h3-7H,1-2H3,(H,15,17)(H2,16,18,20,21)/b9-5+. The van der Waals surface area contributed by atoms with Crippen molar-refractivity contribution in [3.8, 4) is 0 Å². The molecule has 2 aromatic rings. The van der Waals surface area contributed by atoms with Gasteiger partial charge in [-0.1, -0.05) is 0 Å². The highest BCUT2D eigenvalue weighted by molar-refractivity contribution is 6.14. The lowest BCUT2D eigenvalue weighted by Gasteiger charge is -2.08. The van der Waals surface area contributed by atoms with E-state index >= 15 is 0 Å². The fraction of sp³-hybridized carbons (Fsp3) is 0.231. The minimum atomic E-state index is -0.530. The highest BCUT2D eigenvalue weighted by Crippen LogP contribution is 2.15. The Balaban J connectivity index is 2.01. The quantitative estimate of drug-likeness (QED) is 0.570. The van der Waals surface area contributed by atoms with Crippen molar-refractivity contribution in [1.82, 2.24) is 25.2 Å². The van der Waals surface area contributed by atoms with Crippen LogP contribution < -0.4 is 16.0 Å². The second kappa shape index (κ2) is 4.89. The smallest absolute Gasteiger partial charge is 0.326 e. The van der Waals surface area contributed by atoms with E-state index in [1.807, 2.05) is 19.9 Å². The third-order valence-corrected chi connectivity index (χ3v) is 2.85. The molecule has 8 heteroatoms. The Morgan fingerprint density at radius 2 is 2.14 bits per heavy atom. The van der Waals surface area contributed by atoms with Crippen LogP contribution in [0.4, 0.5) is 10.6 Å². The molecule has 1 fully saturated rings. The van der Waals surface area contributed by atoms with Gasteiger partial charge in [0.1, 0.15) is 11.5 Å². The molecule has 8 nitrogen and oxygen atoms in total. The van der Waals surface area contributed by atoms with Gasteiger partial charge in [-0.3, -0.25) is 10.1 Å². The van der Waals surface area contributed by atoms with Crippen LogP contribution in [0.15, 0.2) is 24.2 Å². The Labute approximate surface area is 120 Å². The van der Waals surface area contributed by atoms with Crippen molar-refractivity contribution in [3.05, 3.63) is 29.7 Å². The van der Waals surface area contributed by atoms with Crippen LogP contribution in [0.25, 0.3) is 11.7 Å². The minimum Gasteiger partial charge on any atom is -0.368 e. The fourth-order valence-electron chi connectivity index (χ4n) is 2.00. The largest absolute Gasteiger partial charge is 0.368 e. The average molecular weight is 286 g/mol. The summed E-state index contributed by atoms with van der Waals surface area (Å²) in [6.45, 7) is 4.03. The lowest BCUT2D eigenvalue weighted by Crippen LogP contribution is -2.22. The molecule has 0 saturated carbocycles. The second-order valence-electron chi connectivity index (χ2n) is 4.95. The number of anilines is 1. The number of nitrogens with one attached hydrogen (secondary N) is 3. The highest BCUT2D eigenvalue weighted by atomic mass is 16.2. The molecule has 0 atom stereocenters. The van der Waals surface area contributed by atoms with E-state index in [-0.39, 0.29) is 11.7 Å². The molecular formula is C13H14N6O2. The number of carbonyl (C=O) groups excluding carboxylic acids is 2. The van der Waals surface area contributed by atoms with Crippen LogP contribution in [0.2, 0.25) is 0 Å². The minimum absolute atomic E-state index is 0.180. The van der Waals surface area contributed by atoms with E-state index in [9.17, 15) is 9.59 Å². The Morgan fingerprint density at radius 3 is 2.81 bits per heavy atom. The number of amides is 3. The molecule has 2 aromatic heterocycles. The molecule has 1 saturated heterocycles. The van der Waals surface area contributed by atoms with Crippen molar-refractivity contribution in [2.75, 3.05) is 5.32 Å². The van der Waals surface area contributed by atoms with Gasteiger partial charge in [-0.25, -0.2) is 14.3 Å². The van der Waals surface area contributed by atoms with E-state index in [1.54, 1.807) is 23.0 Å². The van der Waals surface area contributed by atoms with Gasteiger partial charge in [0.2, 0.25) is 0 Å². The molecule has 3 rings (SSSR count). The summed E-state index contributed by atoms with van der Waals surface area (Å²) in [7, 11) is 0. The molecule has 0 radical (unpaired) electrons. The monoisotopic (exact) mass is 286 g/mol. The summed E-state index contributed by atoms with van der Waals surface area (Å²) in [4.78, 5) is 27.1. The first kappa shape index (κ1) is 13.1. The lowest BCUT2D eigenvalue weighted by atomic mass is 10.2. The van der Waals surface area contributed by atoms with Gasteiger partial charge in [-0.05, 0) is 26.0 Å². The summed E-state index contributed by atoms with van der Waals surface area (Å²) in [6, 6.07) is 1.54. The van der Waals surface area contributed by atoms with Crippen LogP contribution >= 0.6 is 0 Å². The molecule has 0 unspecified atom stereocenters. The molecule has 108 valence electrons. The highest BCUT2D eigenvalue weighted by Gasteiger charge is 2.23. The number of urea groups is 1. The zero-order valence-electron chi connectivity index (χ0n) is 11.5. The Hall–Kier alpha value is -2.90. The first-order valence-corrected chi connectivity index (χ1v) is 6.48. The lowest BCUT2D eigenvalue weighted by molar-refractivity contribution is -0.115. The topological polar surface area (TPSA) is 100 Å². The Bertz CT molecular complexity index is 761. The summed E-state index contributed by atoms with van der Waals surface area (Å²) in [5.74, 6) is 0.258. The van der Waals surface area contributed by atoms with E-state index in [1.165, 1.54) is 0 Å². The van der Waals surface area contributed by atoms with Crippen LogP contribution in [0.5, 0.6) is 0 Å². The van der Waals surface area contributed by atoms with Gasteiger partial charge in [-0.15, -0.1) is 0 Å². The molecule has 3 heterocycles. The van der Waals surface area contributed by atoms with Gasteiger partial charge in [0.15, 0.2) is 5.65 Å². The predicted octanol–water partition coefficient (Wildman–Crippen LogP) is 0.730. The summed E-state index contributed by atoms with van der Waals surface area (Å²) >= 11 is 0. The molecule has 0 bridgehead atoms. The van der Waals surface area contributed by atoms with E-state index in [2.05, 4.69) is 26.0 Å². The van der Waals surface area contributed by atoms with Crippen molar-refractivity contribution < 1.29 is 9.59 Å². The maximum Gasteiger partial charge on any atom is 0.326 e. The summed E-state index contributed by atoms with van der Waals surface area (Å²) < 4.78 is 1.60. The summed E-state index contributed by atoms with van der Waals surface area (Å²) in [5, 5.41) is 11.9. The van der Waals surface area contributed by atoms with E-state index < -0.39 is 11.9 Å². The van der Waals surface area contributed by atoms with Crippen LogP contribution in [-0.4, -0.2) is 32.6 Å². The molecular weight excluding hydrogens is 272 g/mol. The molecule has 21 heavy (non-hydrogen) atoms. The normalized spacial score (nSPS) is 16.6. The van der Waals surface area contributed by atoms with E-state index in [4.69, 9.17) is 0 Å². The van der Waals surface area contributed by atoms with E-state index in [0.717, 1.165) is 5.82 Å². The van der Waals surface area contributed by atoms with Crippen molar-refractivity contribution >= 4 is 29.5 Å². The number of imide groups is 1. The van der Waals surface area contributed by atoms with Crippen molar-refractivity contribution in [2.45, 2.75) is 19.9 Å². The maximum atomic E-state index is 11.5. The number of nitrogens with zero attached hydrogens (tertiary/aromatic N) is 3. The van der Waals surface area contributed by atoms with Crippen LogP contribution in [0, 0.1) is 0 Å². The average Bonchev–Trinajstić information content (AvgIpc) is 2.93. The van der Waals surface area contributed by atoms with Gasteiger partial charge in [0.25, 0.3) is 5.91 Å². The molecule has 0 aromatic carbocycles. The number of fused-ring (bicyclic) bond motifs is 1. The number of hydrogen-bond donors (Lipinski definition) is 3. The van der Waals surface area contributed by atoms with Gasteiger partial charge in [-0.2, -0.15) is 5.10 Å². The molecule has 3 N–H and O–H groups in total. The summed E-state index contributed by atoms with van der Waals surface area (Å²) in [6.07, 6.45) is 4.92. The van der Waals surface area contributed by atoms with Crippen molar-refractivity contribution in [1.29, 1.82) is 0 Å². The zero-order chi connectivity index (χ0) is 15.0. The van der Waals surface area contributed by atoms with E-state index in [0.29, 0.717) is 11.2 Å². The Kier molecular flexibility index (Phi) is 3.05. The number of rotatable bonds is 3. The molecule has 1 aliphatic rings. The molecule has 3 amide bonds. The van der Waals surface area contributed by atoms with Crippen LogP contribution in [0.1, 0.15) is 19.4 Å². The van der Waals surface area contributed by atoms with Crippen LogP contribution in [-0.2, 0) is 4.79 Å². The number of hydrogen-bond acceptors (Lipinski definition) is 5. The first-order valence-electron chi connectivity index (χ1n) is 6.48. The Morgan fingerprint density at radius 1 is 1.33 bits per heavy atom. The SMILES string of the molecule is CC(C)Nc1ccn2ncc(/C=C3/NC(=O)NC3=O)c2n1. The predicted molar refractivity (Wildman–Crippen MR) is 76.4 cm³/mol. The van der Waals surface area contributed by atoms with Gasteiger partial charge < -0.3 is 10.6 Å². The first-order chi connectivity index (χ1) is 10.0. The number of carbonyl (C=O) groups is 2. The van der Waals surface area contributed by atoms with Crippen molar-refractivity contribution in [3.63, 3.8) is 0 Å². The number of aromatic nitrogens is 3. The molecule has 0 spiro atoms. The maximum absolute atomic E-state index is 11.5. The van der Waals surface area contributed by atoms with Crippen molar-refractivity contribution in [2.24, 2.45) is 0 Å². The van der Waals surface area contributed by atoms with Gasteiger partial charge >= 0.3 is 6.03 Å². The third-order valence-electron chi connectivity index (χ3n) is 2.85. The fourth-order valence-corrected chi connectivity index (χ4v) is 2.00. The van der Waals surface area contributed by atoms with Gasteiger partial charge in [0.05, 0.1) is 6.20 Å².